The summed E-state index contributed by atoms with van der Waals surface area (Å²) in [6, 6.07) is 8.57. The van der Waals surface area contributed by atoms with E-state index in [0.29, 0.717) is 0 Å². The highest BCUT2D eigenvalue weighted by Crippen LogP contribution is 2.14. The van der Waals surface area contributed by atoms with E-state index in [4.69, 9.17) is 0 Å². The van der Waals surface area contributed by atoms with Gasteiger partial charge < -0.3 is 0 Å². The molecular weight excluding hydrogens is 254 g/mol. The second-order valence-electron chi connectivity index (χ2n) is 6.60. The van der Waals surface area contributed by atoms with Crippen LogP contribution in [0.25, 0.3) is 5.57 Å². The van der Waals surface area contributed by atoms with Crippen molar-refractivity contribution in [3.05, 3.63) is 54.1 Å². The number of rotatable bonds is 5. The Morgan fingerprint density at radius 1 is 1.33 bits per heavy atom. The summed E-state index contributed by atoms with van der Waals surface area (Å²) in [5, 5.41) is 0. The van der Waals surface area contributed by atoms with Gasteiger partial charge in [-0.25, -0.2) is 0 Å². The summed E-state index contributed by atoms with van der Waals surface area (Å²) in [5.74, 6) is 6.30. The first-order chi connectivity index (χ1) is 9.78. The molecule has 0 aliphatic heterocycles. The fourth-order valence-corrected chi connectivity index (χ4v) is 1.86. The van der Waals surface area contributed by atoms with Crippen LogP contribution in [-0.4, -0.2) is 18.5 Å². The molecule has 0 aliphatic rings. The third kappa shape index (κ3) is 7.54. The van der Waals surface area contributed by atoms with E-state index in [1.807, 2.05) is 13.0 Å². The van der Waals surface area contributed by atoms with Gasteiger partial charge in [0.05, 0.1) is 0 Å². The molecule has 0 aromatic heterocycles. The molecule has 1 aromatic carbocycles. The molecule has 21 heavy (non-hydrogen) atoms. The van der Waals surface area contributed by atoms with Crippen LogP contribution < -0.4 is 0 Å². The molecule has 1 rings (SSSR count). The lowest BCUT2D eigenvalue weighted by Gasteiger charge is -2.15. The first kappa shape index (κ1) is 17.3. The van der Waals surface area contributed by atoms with Crippen molar-refractivity contribution < 1.29 is 0 Å². The second kappa shape index (κ2) is 7.86. The minimum absolute atomic E-state index is 0.0687. The number of allylic oxidation sites excluding steroid dienone is 2. The standard InChI is InChI=1S/C20H27N/c1-17(2)19-12-10-11-18(15-19)16-21(6)14-9-7-8-13-20(3,4)5/h7,9-12,15H,1,14,16H2,2-6H3. The summed E-state index contributed by atoms with van der Waals surface area (Å²) >= 11 is 0. The molecule has 0 unspecified atom stereocenters. The van der Waals surface area contributed by atoms with E-state index in [9.17, 15) is 0 Å². The molecule has 1 nitrogen and oxygen atoms in total. The Morgan fingerprint density at radius 2 is 2.05 bits per heavy atom. The van der Waals surface area contributed by atoms with Crippen molar-refractivity contribution in [1.82, 2.24) is 4.90 Å². The van der Waals surface area contributed by atoms with Gasteiger partial charge in [0.1, 0.15) is 0 Å². The van der Waals surface area contributed by atoms with Crippen LogP contribution in [0.15, 0.2) is 43.0 Å². The van der Waals surface area contributed by atoms with Crippen LogP contribution in [0, 0.1) is 17.3 Å². The molecule has 0 heterocycles. The van der Waals surface area contributed by atoms with Crippen molar-refractivity contribution in [3.8, 4) is 11.8 Å². The molecule has 0 bridgehead atoms. The van der Waals surface area contributed by atoms with Gasteiger partial charge in [0.2, 0.25) is 0 Å². The van der Waals surface area contributed by atoms with Gasteiger partial charge in [0.25, 0.3) is 0 Å². The van der Waals surface area contributed by atoms with Crippen LogP contribution in [0.5, 0.6) is 0 Å². The SMILES string of the molecule is C=C(C)c1cccc(CN(C)CC=CC#CC(C)(C)C)c1. The Bertz CT molecular complexity index is 561. The molecule has 0 saturated carbocycles. The zero-order chi connectivity index (χ0) is 15.9. The summed E-state index contributed by atoms with van der Waals surface area (Å²) < 4.78 is 0. The van der Waals surface area contributed by atoms with Gasteiger partial charge in [-0.2, -0.15) is 0 Å². The molecule has 0 saturated heterocycles. The largest absolute Gasteiger partial charge is 0.298 e. The second-order valence-corrected chi connectivity index (χ2v) is 6.60. The van der Waals surface area contributed by atoms with Crippen molar-refractivity contribution in [1.29, 1.82) is 0 Å². The van der Waals surface area contributed by atoms with Crippen LogP contribution >= 0.6 is 0 Å². The average molecular weight is 281 g/mol. The molecule has 0 aliphatic carbocycles. The Balaban J connectivity index is 2.52. The van der Waals surface area contributed by atoms with Gasteiger partial charge in [0.15, 0.2) is 0 Å². The van der Waals surface area contributed by atoms with Crippen molar-refractivity contribution >= 4 is 5.57 Å². The van der Waals surface area contributed by atoms with E-state index < -0.39 is 0 Å². The maximum atomic E-state index is 4.00. The van der Waals surface area contributed by atoms with E-state index in [0.717, 1.165) is 18.7 Å². The number of likely N-dealkylation sites (N-methyl/N-ethyl adjacent to an activating group) is 1. The molecular formula is C20H27N. The third-order valence-electron chi connectivity index (χ3n) is 2.94. The fraction of sp³-hybridized carbons (Fsp3) is 0.400. The van der Waals surface area contributed by atoms with E-state index in [-0.39, 0.29) is 5.41 Å². The highest BCUT2D eigenvalue weighted by Gasteiger charge is 2.02. The maximum Gasteiger partial charge on any atom is 0.0234 e. The van der Waals surface area contributed by atoms with E-state index in [2.05, 4.69) is 81.5 Å². The predicted octanol–water partition coefficient (Wildman–Crippen LogP) is 4.76. The molecule has 112 valence electrons. The minimum atomic E-state index is 0.0687. The minimum Gasteiger partial charge on any atom is -0.298 e. The van der Waals surface area contributed by atoms with Gasteiger partial charge in [-0.15, -0.1) is 0 Å². The number of hydrogen-bond acceptors (Lipinski definition) is 1. The lowest BCUT2D eigenvalue weighted by molar-refractivity contribution is 0.363. The molecule has 0 fully saturated rings. The molecule has 0 atom stereocenters. The Morgan fingerprint density at radius 3 is 2.67 bits per heavy atom. The van der Waals surface area contributed by atoms with Crippen LogP contribution in [0.4, 0.5) is 0 Å². The Kier molecular flexibility index (Phi) is 6.46. The zero-order valence-electron chi connectivity index (χ0n) is 14.0. The topological polar surface area (TPSA) is 3.24 Å². The van der Waals surface area contributed by atoms with E-state index in [1.165, 1.54) is 11.1 Å². The zero-order valence-corrected chi connectivity index (χ0v) is 14.0. The van der Waals surface area contributed by atoms with E-state index >= 15 is 0 Å². The first-order valence-corrected chi connectivity index (χ1v) is 7.39. The van der Waals surface area contributed by atoms with Crippen LogP contribution in [-0.2, 0) is 6.54 Å². The molecule has 1 heteroatoms. The fourth-order valence-electron chi connectivity index (χ4n) is 1.86. The number of hydrogen-bond donors (Lipinski definition) is 0. The number of nitrogens with zero attached hydrogens (tertiary/aromatic N) is 1. The van der Waals surface area contributed by atoms with Crippen LogP contribution in [0.1, 0.15) is 38.8 Å². The van der Waals surface area contributed by atoms with Crippen molar-refractivity contribution in [3.63, 3.8) is 0 Å². The lowest BCUT2D eigenvalue weighted by Crippen LogP contribution is -2.17. The Hall–Kier alpha value is -1.78. The summed E-state index contributed by atoms with van der Waals surface area (Å²) in [7, 11) is 2.12. The molecule has 0 radical (unpaired) electrons. The van der Waals surface area contributed by atoms with Crippen LogP contribution in [0.3, 0.4) is 0 Å². The van der Waals surface area contributed by atoms with Crippen molar-refractivity contribution in [2.75, 3.05) is 13.6 Å². The normalized spacial score (nSPS) is 11.5. The van der Waals surface area contributed by atoms with Gasteiger partial charge >= 0.3 is 0 Å². The molecule has 0 spiro atoms. The average Bonchev–Trinajstić information content (AvgIpc) is 2.37. The first-order valence-electron chi connectivity index (χ1n) is 7.39. The van der Waals surface area contributed by atoms with Gasteiger partial charge in [-0.3, -0.25) is 4.90 Å². The lowest BCUT2D eigenvalue weighted by atomic mass is 9.98. The maximum absolute atomic E-state index is 4.00. The highest BCUT2D eigenvalue weighted by atomic mass is 15.1. The monoisotopic (exact) mass is 281 g/mol. The Labute approximate surface area is 130 Å². The molecule has 0 amide bonds. The molecule has 1 aromatic rings. The summed E-state index contributed by atoms with van der Waals surface area (Å²) in [6.45, 7) is 14.2. The highest BCUT2D eigenvalue weighted by molar-refractivity contribution is 5.61. The smallest absolute Gasteiger partial charge is 0.0234 e. The predicted molar refractivity (Wildman–Crippen MR) is 93.9 cm³/mol. The third-order valence-corrected chi connectivity index (χ3v) is 2.94. The van der Waals surface area contributed by atoms with Gasteiger partial charge in [0, 0.05) is 18.5 Å². The summed E-state index contributed by atoms with van der Waals surface area (Å²) in [5.41, 5.74) is 3.70. The van der Waals surface area contributed by atoms with Gasteiger partial charge in [-0.05, 0) is 51.9 Å². The summed E-state index contributed by atoms with van der Waals surface area (Å²) in [4.78, 5) is 2.27. The van der Waals surface area contributed by atoms with Crippen LogP contribution in [0.2, 0.25) is 0 Å². The molecule has 0 N–H and O–H groups in total. The summed E-state index contributed by atoms with van der Waals surface area (Å²) in [6.07, 6.45) is 4.06. The van der Waals surface area contributed by atoms with Crippen molar-refractivity contribution in [2.24, 2.45) is 5.41 Å². The van der Waals surface area contributed by atoms with Gasteiger partial charge in [-0.1, -0.05) is 54.3 Å². The van der Waals surface area contributed by atoms with E-state index in [1.54, 1.807) is 0 Å². The van der Waals surface area contributed by atoms with Crippen molar-refractivity contribution in [2.45, 2.75) is 34.2 Å². The number of benzene rings is 1. The quantitative estimate of drug-likeness (QED) is 0.704.